The van der Waals surface area contributed by atoms with E-state index in [1.165, 1.54) is 17.9 Å². The minimum atomic E-state index is -4.82. The van der Waals surface area contributed by atoms with Gasteiger partial charge in [0.2, 0.25) is 0 Å². The third-order valence-corrected chi connectivity index (χ3v) is 2.38. The van der Waals surface area contributed by atoms with Crippen LogP contribution in [0.15, 0.2) is 30.5 Å². The van der Waals surface area contributed by atoms with Crippen molar-refractivity contribution in [3.05, 3.63) is 30.5 Å². The van der Waals surface area contributed by atoms with Gasteiger partial charge in [0.25, 0.3) is 0 Å². The summed E-state index contributed by atoms with van der Waals surface area (Å²) in [5.41, 5.74) is 0.569. The number of nitrogens with zero attached hydrogens (tertiary/aromatic N) is 1. The van der Waals surface area contributed by atoms with Gasteiger partial charge in [0.1, 0.15) is 5.75 Å². The van der Waals surface area contributed by atoms with Crippen LogP contribution in [-0.4, -0.2) is 18.7 Å². The zero-order valence-corrected chi connectivity index (χ0v) is 8.66. The Balaban J connectivity index is 2.42. The second-order valence-corrected chi connectivity index (χ2v) is 3.60. The lowest BCUT2D eigenvalue weighted by molar-refractivity contribution is 0.415. The van der Waals surface area contributed by atoms with E-state index in [1.807, 2.05) is 0 Å². The first-order chi connectivity index (χ1) is 7.49. The van der Waals surface area contributed by atoms with Crippen molar-refractivity contribution < 1.29 is 17.7 Å². The van der Waals surface area contributed by atoms with Crippen molar-refractivity contribution in [2.24, 2.45) is 0 Å². The van der Waals surface area contributed by atoms with Gasteiger partial charge in [0.15, 0.2) is 0 Å². The Bertz CT molecular complexity index is 506. The number of aromatic nitrogens is 1. The summed E-state index contributed by atoms with van der Waals surface area (Å²) in [6, 6.07) is 6.66. The molecule has 1 aromatic carbocycles. The van der Waals surface area contributed by atoms with Crippen LogP contribution in [0.5, 0.6) is 5.75 Å². The quantitative estimate of drug-likeness (QED) is 0.736. The molecule has 2 rings (SSSR count). The highest BCUT2D eigenvalue weighted by atomic mass is 19.4. The van der Waals surface area contributed by atoms with Gasteiger partial charge in [-0.2, -0.15) is 0 Å². The Morgan fingerprint density at radius 2 is 2.00 bits per heavy atom. The maximum Gasteiger partial charge on any atom is 0.497 e. The van der Waals surface area contributed by atoms with E-state index < -0.39 is 13.4 Å². The molecular weight excluding hydrogens is 218 g/mol. The number of fused-ring (bicyclic) bond motifs is 1. The summed E-state index contributed by atoms with van der Waals surface area (Å²) in [4.78, 5) is 0. The monoisotopic (exact) mass is 228 g/mol. The molecule has 0 atom stereocenters. The van der Waals surface area contributed by atoms with Crippen LogP contribution in [0.3, 0.4) is 0 Å². The van der Waals surface area contributed by atoms with Crippen molar-refractivity contribution in [2.75, 3.05) is 7.11 Å². The number of hydrogen-bond donors (Lipinski definition) is 0. The Morgan fingerprint density at radius 1 is 1.25 bits per heavy atom. The molecule has 0 aliphatic rings. The number of methoxy groups -OCH3 is 1. The fourth-order valence-corrected chi connectivity index (χ4v) is 1.69. The molecule has 6 heteroatoms. The third-order valence-electron chi connectivity index (χ3n) is 2.38. The van der Waals surface area contributed by atoms with Gasteiger partial charge in [-0.3, -0.25) is 0 Å². The molecule has 0 bridgehead atoms. The van der Waals surface area contributed by atoms with Crippen LogP contribution in [0, 0.1) is 0 Å². The smallest absolute Gasteiger partial charge is 0.497 e. The van der Waals surface area contributed by atoms with Crippen molar-refractivity contribution in [2.45, 2.75) is 6.44 Å². The van der Waals surface area contributed by atoms with Crippen LogP contribution < -0.4 is 4.74 Å². The Morgan fingerprint density at radius 3 is 2.62 bits per heavy atom. The number of hydrogen-bond acceptors (Lipinski definition) is 1. The van der Waals surface area contributed by atoms with Crippen LogP contribution in [0.1, 0.15) is 0 Å². The predicted octanol–water partition coefficient (Wildman–Crippen LogP) is 3.04. The Hall–Kier alpha value is -1.59. The van der Waals surface area contributed by atoms with Gasteiger partial charge < -0.3 is 22.3 Å². The van der Waals surface area contributed by atoms with Crippen molar-refractivity contribution in [1.29, 1.82) is 0 Å². The van der Waals surface area contributed by atoms with Crippen LogP contribution in [0.25, 0.3) is 10.9 Å². The normalized spacial score (nSPS) is 12.0. The SMILES string of the molecule is COc1ccc2c(ccn2C[B-](F)(F)F)c1. The highest BCUT2D eigenvalue weighted by molar-refractivity contribution is 6.57. The van der Waals surface area contributed by atoms with E-state index in [2.05, 4.69) is 0 Å². The number of benzene rings is 1. The molecule has 0 unspecified atom stereocenters. The summed E-state index contributed by atoms with van der Waals surface area (Å²) in [5, 5.41) is 0.749. The molecule has 0 saturated carbocycles. The fourth-order valence-electron chi connectivity index (χ4n) is 1.69. The van der Waals surface area contributed by atoms with E-state index in [-0.39, 0.29) is 0 Å². The van der Waals surface area contributed by atoms with Gasteiger partial charge in [-0.05, 0) is 30.7 Å². The molecule has 0 saturated heterocycles. The van der Waals surface area contributed by atoms with E-state index in [4.69, 9.17) is 4.74 Å². The first kappa shape index (κ1) is 10.9. The van der Waals surface area contributed by atoms with E-state index in [0.717, 1.165) is 5.39 Å². The van der Waals surface area contributed by atoms with Crippen molar-refractivity contribution in [3.63, 3.8) is 0 Å². The highest BCUT2D eigenvalue weighted by Gasteiger charge is 2.23. The summed E-state index contributed by atoms with van der Waals surface area (Å²) >= 11 is 0. The minimum absolute atomic E-state index is 0.569. The van der Waals surface area contributed by atoms with E-state index in [9.17, 15) is 12.9 Å². The lowest BCUT2D eigenvalue weighted by Crippen LogP contribution is -2.23. The number of halogens is 3. The van der Waals surface area contributed by atoms with Gasteiger partial charge in [0, 0.05) is 17.1 Å². The minimum Gasteiger partial charge on any atom is -0.497 e. The van der Waals surface area contributed by atoms with Crippen molar-refractivity contribution >= 4 is 17.9 Å². The molecule has 0 aliphatic heterocycles. The Kier molecular flexibility index (Phi) is 2.57. The van der Waals surface area contributed by atoms with Crippen LogP contribution in [0.2, 0.25) is 0 Å². The molecule has 1 aromatic heterocycles. The summed E-state index contributed by atoms with van der Waals surface area (Å²) in [6.07, 6.45) is 0.537. The molecule has 0 spiro atoms. The van der Waals surface area contributed by atoms with E-state index in [1.54, 1.807) is 24.3 Å². The average molecular weight is 228 g/mol. The molecule has 16 heavy (non-hydrogen) atoms. The molecule has 1 heterocycles. The Labute approximate surface area is 90.7 Å². The van der Waals surface area contributed by atoms with Crippen LogP contribution >= 0.6 is 0 Å². The molecule has 2 nitrogen and oxygen atoms in total. The predicted molar refractivity (Wildman–Crippen MR) is 57.6 cm³/mol. The average Bonchev–Trinajstić information content (AvgIpc) is 2.58. The number of rotatable bonds is 3. The summed E-state index contributed by atoms with van der Waals surface area (Å²) in [7, 11) is 1.52. The summed E-state index contributed by atoms with van der Waals surface area (Å²) in [5.74, 6) is 0.641. The highest BCUT2D eigenvalue weighted by Crippen LogP contribution is 2.23. The largest absolute Gasteiger partial charge is 0.497 e. The maximum atomic E-state index is 12.3. The zero-order chi connectivity index (χ0) is 11.8. The molecule has 86 valence electrons. The maximum absolute atomic E-state index is 12.3. The lowest BCUT2D eigenvalue weighted by Gasteiger charge is -2.15. The molecule has 0 amide bonds. The topological polar surface area (TPSA) is 14.2 Å². The molecule has 2 aromatic rings. The van der Waals surface area contributed by atoms with Crippen LogP contribution in [-0.2, 0) is 6.44 Å². The zero-order valence-electron chi connectivity index (χ0n) is 8.66. The van der Waals surface area contributed by atoms with Gasteiger partial charge in [0.05, 0.1) is 7.11 Å². The van der Waals surface area contributed by atoms with E-state index >= 15 is 0 Å². The summed E-state index contributed by atoms with van der Waals surface area (Å²) in [6.45, 7) is -4.82. The molecule has 0 N–H and O–H groups in total. The second-order valence-electron chi connectivity index (χ2n) is 3.60. The molecule has 0 aliphatic carbocycles. The molecule has 0 fully saturated rings. The van der Waals surface area contributed by atoms with E-state index in [0.29, 0.717) is 11.3 Å². The van der Waals surface area contributed by atoms with Crippen LogP contribution in [0.4, 0.5) is 12.9 Å². The first-order valence-electron chi connectivity index (χ1n) is 4.83. The third kappa shape index (κ3) is 2.15. The van der Waals surface area contributed by atoms with Gasteiger partial charge in [-0.15, -0.1) is 0 Å². The molecular formula is C10H10BF3NO-. The fraction of sp³-hybridized carbons (Fsp3) is 0.200. The second kappa shape index (κ2) is 3.77. The van der Waals surface area contributed by atoms with Gasteiger partial charge >= 0.3 is 6.98 Å². The number of ether oxygens (including phenoxy) is 1. The van der Waals surface area contributed by atoms with Crippen molar-refractivity contribution in [3.8, 4) is 5.75 Å². The van der Waals surface area contributed by atoms with Gasteiger partial charge in [-0.1, -0.05) is 0 Å². The lowest BCUT2D eigenvalue weighted by atomic mass is 9.92. The van der Waals surface area contributed by atoms with Crippen molar-refractivity contribution in [1.82, 2.24) is 4.57 Å². The van der Waals surface area contributed by atoms with Gasteiger partial charge in [-0.25, -0.2) is 0 Å². The molecule has 0 radical (unpaired) electrons. The summed E-state index contributed by atoms with van der Waals surface area (Å²) < 4.78 is 43.1. The standard InChI is InChI=1S/C10H10BF3NO/c1-16-9-2-3-10-8(6-9)4-5-15(10)7-11(12,13)14/h2-6H,7H2,1H3/q-1. The first-order valence-corrected chi connectivity index (χ1v) is 4.83.